The molecule has 0 aromatic heterocycles. The first-order valence-electron chi connectivity index (χ1n) is 36.1. The number of anilines is 11. The second-order valence-corrected chi connectivity index (χ2v) is 26.0. The summed E-state index contributed by atoms with van der Waals surface area (Å²) < 4.78 is 34.9. The summed E-state index contributed by atoms with van der Waals surface area (Å²) in [5, 5.41) is 0. The minimum atomic E-state index is 0.537. The summed E-state index contributed by atoms with van der Waals surface area (Å²) in [5.41, 5.74) is 19.1. The van der Waals surface area contributed by atoms with E-state index in [1.807, 2.05) is 48.5 Å². The summed E-state index contributed by atoms with van der Waals surface area (Å²) in [5.74, 6) is 6.06. The highest BCUT2D eigenvalue weighted by atomic mass is 16.5. The van der Waals surface area contributed by atoms with Crippen LogP contribution in [0.5, 0.6) is 34.5 Å². The average molecular weight is 1360 g/mol. The highest BCUT2D eigenvalue weighted by molar-refractivity contribution is 5.84. The van der Waals surface area contributed by atoms with Crippen LogP contribution in [0, 0.1) is 11.8 Å². The first kappa shape index (κ1) is 72.2. The van der Waals surface area contributed by atoms with Crippen LogP contribution in [0.1, 0.15) is 98.5 Å². The number of rotatable bonds is 34. The number of ether oxygens (including phenoxy) is 6. The summed E-state index contributed by atoms with van der Waals surface area (Å²) in [7, 11) is 6.76. The van der Waals surface area contributed by atoms with Crippen LogP contribution in [0.3, 0.4) is 0 Å². The van der Waals surface area contributed by atoms with E-state index in [1.54, 1.807) is 28.4 Å². The quantitative estimate of drug-likeness (QED) is 0.0364. The van der Waals surface area contributed by atoms with Crippen molar-refractivity contribution in [2.24, 2.45) is 11.8 Å². The van der Waals surface area contributed by atoms with Crippen LogP contribution >= 0.6 is 0 Å². The van der Waals surface area contributed by atoms with Crippen LogP contribution in [-0.4, -0.2) is 41.7 Å². The fraction of sp³-hybridized carbons (Fsp3) is 0.239. The summed E-state index contributed by atoms with van der Waals surface area (Å²) >= 11 is 0. The lowest BCUT2D eigenvalue weighted by atomic mass is 10.0. The molecule has 11 rings (SSSR count). The van der Waals surface area contributed by atoms with Crippen molar-refractivity contribution >= 4 is 68.1 Å². The van der Waals surface area contributed by atoms with E-state index in [2.05, 4.69) is 292 Å². The van der Waals surface area contributed by atoms with Gasteiger partial charge in [-0.2, -0.15) is 0 Å². The number of hydrogen-bond donors (Lipinski definition) is 0. The molecule has 0 saturated heterocycles. The Labute approximate surface area is 606 Å². The standard InChI is InChI=1S/C92H98N4O6/c1-11-15-17-69(13-3)65-101-91-61-49-77(50-62-91)93(76-33-23-72(24-34-76)73-27-37-80(38-28-73)95(82-41-53-87(97-7)54-42-82)83-43-55-88(98-8)56-44-83)68(6)20-19-67(5)71-21-31-78(32-22-71)94(86-51-63-92(64-52-86)102-66-70(14-4)18-16-12-2)79-35-25-74(26-36-79)75-29-39-81(40-30-75)96(84-45-57-89(99-9)58-46-84)85-47-59-90(100-10)60-48-85/h19-64,69-70H,11-18,65-66H2,1-10H3. The van der Waals surface area contributed by atoms with Gasteiger partial charge in [-0.25, -0.2) is 0 Å². The summed E-state index contributed by atoms with van der Waals surface area (Å²) in [4.78, 5) is 9.13. The molecular formula is C92H98N4O6. The Bertz CT molecular complexity index is 4310. The maximum absolute atomic E-state index is 6.44. The second-order valence-electron chi connectivity index (χ2n) is 26.0. The van der Waals surface area contributed by atoms with Crippen molar-refractivity contribution < 1.29 is 28.4 Å². The maximum atomic E-state index is 6.44. The maximum Gasteiger partial charge on any atom is 0.119 e. The van der Waals surface area contributed by atoms with E-state index in [-0.39, 0.29) is 0 Å². The summed E-state index contributed by atoms with van der Waals surface area (Å²) in [6.45, 7) is 14.9. The van der Waals surface area contributed by atoms with Crippen molar-refractivity contribution in [1.82, 2.24) is 0 Å². The minimum absolute atomic E-state index is 0.537. The van der Waals surface area contributed by atoms with Crippen LogP contribution in [-0.2, 0) is 0 Å². The van der Waals surface area contributed by atoms with Crippen molar-refractivity contribution in [3.05, 3.63) is 290 Å². The Hall–Kier alpha value is -11.1. The Balaban J connectivity index is 0.866. The van der Waals surface area contributed by atoms with E-state index in [0.29, 0.717) is 11.8 Å². The number of allylic oxidation sites excluding steroid dienone is 4. The molecule has 11 aromatic carbocycles. The van der Waals surface area contributed by atoms with Gasteiger partial charge in [-0.05, 0) is 284 Å². The van der Waals surface area contributed by atoms with Crippen LogP contribution in [0.4, 0.5) is 62.6 Å². The van der Waals surface area contributed by atoms with Gasteiger partial charge in [0.1, 0.15) is 34.5 Å². The fourth-order valence-corrected chi connectivity index (χ4v) is 12.9. The third-order valence-corrected chi connectivity index (χ3v) is 19.2. The molecule has 0 fully saturated rings. The number of unbranched alkanes of at least 4 members (excludes halogenated alkanes) is 2. The molecule has 0 amide bonds. The van der Waals surface area contributed by atoms with Crippen LogP contribution in [0.15, 0.2) is 285 Å². The molecule has 0 heterocycles. The molecule has 10 heteroatoms. The van der Waals surface area contributed by atoms with Crippen molar-refractivity contribution in [2.45, 2.75) is 92.9 Å². The van der Waals surface area contributed by atoms with Gasteiger partial charge in [0.05, 0.1) is 41.7 Å². The molecular weight excluding hydrogens is 1260 g/mol. The molecule has 0 saturated carbocycles. The molecule has 0 N–H and O–H groups in total. The van der Waals surface area contributed by atoms with Gasteiger partial charge in [0, 0.05) is 68.3 Å². The van der Waals surface area contributed by atoms with Crippen LogP contribution in [0.25, 0.3) is 27.8 Å². The fourth-order valence-electron chi connectivity index (χ4n) is 12.9. The van der Waals surface area contributed by atoms with E-state index >= 15 is 0 Å². The Morgan fingerprint density at radius 2 is 0.529 bits per heavy atom. The van der Waals surface area contributed by atoms with Gasteiger partial charge in [-0.1, -0.05) is 133 Å². The third-order valence-electron chi connectivity index (χ3n) is 19.2. The molecule has 0 aliphatic heterocycles. The smallest absolute Gasteiger partial charge is 0.119 e. The number of benzene rings is 11. The van der Waals surface area contributed by atoms with Crippen LogP contribution < -0.4 is 48.0 Å². The molecule has 0 aliphatic carbocycles. The Morgan fingerprint density at radius 3 is 0.784 bits per heavy atom. The Morgan fingerprint density at radius 1 is 0.294 bits per heavy atom. The lowest BCUT2D eigenvalue weighted by Gasteiger charge is -2.27. The monoisotopic (exact) mass is 1350 g/mol. The van der Waals surface area contributed by atoms with E-state index in [4.69, 9.17) is 28.4 Å². The van der Waals surface area contributed by atoms with E-state index in [9.17, 15) is 0 Å². The average Bonchev–Trinajstić information content (AvgIpc) is 0.810. The normalized spacial score (nSPS) is 12.1. The summed E-state index contributed by atoms with van der Waals surface area (Å²) in [6.07, 6.45) is 13.9. The predicted octanol–water partition coefficient (Wildman–Crippen LogP) is 25.8. The zero-order valence-corrected chi connectivity index (χ0v) is 61.0. The highest BCUT2D eigenvalue weighted by Gasteiger charge is 2.20. The van der Waals surface area contributed by atoms with E-state index in [1.165, 1.54) is 38.5 Å². The van der Waals surface area contributed by atoms with Crippen LogP contribution in [0.2, 0.25) is 0 Å². The number of hydrogen-bond acceptors (Lipinski definition) is 10. The molecule has 10 nitrogen and oxygen atoms in total. The molecule has 102 heavy (non-hydrogen) atoms. The zero-order valence-electron chi connectivity index (χ0n) is 61.0. The van der Waals surface area contributed by atoms with Gasteiger partial charge < -0.3 is 48.0 Å². The van der Waals surface area contributed by atoms with E-state index in [0.717, 1.165) is 162 Å². The van der Waals surface area contributed by atoms with Gasteiger partial charge in [0.25, 0.3) is 0 Å². The van der Waals surface area contributed by atoms with Crippen molar-refractivity contribution in [2.75, 3.05) is 61.3 Å². The lowest BCUT2D eigenvalue weighted by Crippen LogP contribution is -2.14. The minimum Gasteiger partial charge on any atom is -0.497 e. The first-order valence-corrected chi connectivity index (χ1v) is 36.1. The molecule has 0 spiro atoms. The van der Waals surface area contributed by atoms with Crippen molar-refractivity contribution in [3.63, 3.8) is 0 Å². The molecule has 0 radical (unpaired) electrons. The zero-order chi connectivity index (χ0) is 71.2. The summed E-state index contributed by atoms with van der Waals surface area (Å²) in [6, 6.07) is 93.9. The van der Waals surface area contributed by atoms with E-state index < -0.39 is 0 Å². The first-order chi connectivity index (χ1) is 50.0. The lowest BCUT2D eigenvalue weighted by molar-refractivity contribution is 0.233. The van der Waals surface area contributed by atoms with Crippen molar-refractivity contribution in [1.29, 1.82) is 0 Å². The largest absolute Gasteiger partial charge is 0.497 e. The molecule has 2 unspecified atom stereocenters. The topological polar surface area (TPSA) is 68.3 Å². The van der Waals surface area contributed by atoms with Gasteiger partial charge in [0.15, 0.2) is 0 Å². The molecule has 11 aromatic rings. The Kier molecular flexibility index (Phi) is 25.3. The molecule has 0 aliphatic rings. The molecule has 0 bridgehead atoms. The number of nitrogens with zero attached hydrogens (tertiary/aromatic N) is 4. The van der Waals surface area contributed by atoms with Gasteiger partial charge >= 0.3 is 0 Å². The third kappa shape index (κ3) is 18.3. The predicted molar refractivity (Wildman–Crippen MR) is 428 cm³/mol. The van der Waals surface area contributed by atoms with Gasteiger partial charge in [-0.15, -0.1) is 0 Å². The van der Waals surface area contributed by atoms with Gasteiger partial charge in [-0.3, -0.25) is 0 Å². The van der Waals surface area contributed by atoms with Crippen molar-refractivity contribution in [3.8, 4) is 56.8 Å². The molecule has 522 valence electrons. The SMILES string of the molecule is CCCCC(CC)COc1ccc(N(C(C)=CC=C(C)c2ccc(N(c3ccc(OCC(CC)CCCC)cc3)c3ccc(-c4ccc(N(c5ccc(OC)cc5)c5ccc(OC)cc5)cc4)cc3)cc2)c2ccc(-c3ccc(N(c4ccc(OC)cc4)c4ccc(OC)cc4)cc3)cc2)cc1. The number of methoxy groups -OCH3 is 4. The highest BCUT2D eigenvalue weighted by Crippen LogP contribution is 2.43. The molecule has 2 atom stereocenters. The second kappa shape index (κ2) is 35.8. The van der Waals surface area contributed by atoms with Gasteiger partial charge in [0.2, 0.25) is 0 Å².